The summed E-state index contributed by atoms with van der Waals surface area (Å²) < 4.78 is 21.4. The lowest BCUT2D eigenvalue weighted by Crippen LogP contribution is -2.47. The minimum atomic E-state index is -0.764. The Balaban J connectivity index is 2.22. The molecule has 0 unspecified atom stereocenters. The summed E-state index contributed by atoms with van der Waals surface area (Å²) in [6.07, 6.45) is -1.53. The molecule has 0 aromatic heterocycles. The molecule has 1 aliphatic rings. The largest absolute Gasteiger partial charge is 0.486 e. The fourth-order valence-electron chi connectivity index (χ4n) is 2.12. The lowest BCUT2D eigenvalue weighted by molar-refractivity contribution is 0.0545. The quantitative estimate of drug-likeness (QED) is 0.559. The van der Waals surface area contributed by atoms with Crippen molar-refractivity contribution in [1.29, 1.82) is 0 Å². The first-order valence-corrected chi connectivity index (χ1v) is 8.90. The zero-order chi connectivity index (χ0) is 20.9. The minimum absolute atomic E-state index is 0.139. The van der Waals surface area contributed by atoms with E-state index in [1.165, 1.54) is 0 Å². The number of hydrogen-bond acceptors (Lipinski definition) is 7. The summed E-state index contributed by atoms with van der Waals surface area (Å²) in [5, 5.41) is 4.85. The molecule has 0 radical (unpaired) electrons. The fourth-order valence-corrected chi connectivity index (χ4v) is 2.12. The number of alkyl carbamates (subject to hydrolysis) is 2. The van der Waals surface area contributed by atoms with Gasteiger partial charge in [0.15, 0.2) is 11.5 Å². The molecule has 0 aliphatic carbocycles. The summed E-state index contributed by atoms with van der Waals surface area (Å²) >= 11 is 0. The van der Waals surface area contributed by atoms with Gasteiger partial charge in [0, 0.05) is 6.07 Å². The number of rotatable bonds is 1. The summed E-state index contributed by atoms with van der Waals surface area (Å²) in [4.78, 5) is 28.5. The highest BCUT2D eigenvalue weighted by Crippen LogP contribution is 2.33. The molecule has 1 aliphatic heterocycles. The number of benzene rings is 1. The topological polar surface area (TPSA) is 107 Å². The van der Waals surface area contributed by atoms with Crippen LogP contribution in [-0.4, -0.2) is 42.6 Å². The normalized spacial score (nSPS) is 13.2. The lowest BCUT2D eigenvalue weighted by Gasteiger charge is -2.22. The molecule has 0 spiro atoms. The molecule has 2 amide bonds. The molecule has 0 atom stereocenters. The van der Waals surface area contributed by atoms with Crippen molar-refractivity contribution in [1.82, 2.24) is 10.6 Å². The van der Waals surface area contributed by atoms with Crippen LogP contribution in [0.1, 0.15) is 41.5 Å². The van der Waals surface area contributed by atoms with Crippen LogP contribution in [0.4, 0.5) is 15.3 Å². The van der Waals surface area contributed by atoms with Gasteiger partial charge in [-0.2, -0.15) is 0 Å². The molecule has 0 fully saturated rings. The van der Waals surface area contributed by atoms with Gasteiger partial charge in [0.2, 0.25) is 5.96 Å². The van der Waals surface area contributed by atoms with Gasteiger partial charge in [-0.1, -0.05) is 0 Å². The molecule has 2 rings (SSSR count). The van der Waals surface area contributed by atoms with Gasteiger partial charge in [-0.3, -0.25) is 10.6 Å². The molecular weight excluding hydrogens is 366 g/mol. The average Bonchev–Trinajstić information content (AvgIpc) is 2.50. The molecule has 1 aromatic rings. The van der Waals surface area contributed by atoms with E-state index < -0.39 is 23.4 Å². The number of aliphatic imine (C=N–C) groups is 1. The van der Waals surface area contributed by atoms with E-state index in [4.69, 9.17) is 18.9 Å². The van der Waals surface area contributed by atoms with Gasteiger partial charge in [0.05, 0.1) is 5.69 Å². The van der Waals surface area contributed by atoms with Crippen LogP contribution in [0.5, 0.6) is 11.5 Å². The van der Waals surface area contributed by atoms with Gasteiger partial charge in [0.25, 0.3) is 0 Å². The third-order valence-corrected chi connectivity index (χ3v) is 3.01. The zero-order valence-electron chi connectivity index (χ0n) is 17.0. The highest BCUT2D eigenvalue weighted by Gasteiger charge is 2.21. The lowest BCUT2D eigenvalue weighted by atomic mass is 10.2. The smallest absolute Gasteiger partial charge is 0.414 e. The van der Waals surface area contributed by atoms with E-state index in [2.05, 4.69) is 15.6 Å². The molecule has 28 heavy (non-hydrogen) atoms. The van der Waals surface area contributed by atoms with E-state index in [1.54, 1.807) is 59.7 Å². The molecule has 1 heterocycles. The van der Waals surface area contributed by atoms with Crippen LogP contribution in [0.3, 0.4) is 0 Å². The molecule has 9 heteroatoms. The Morgan fingerprint density at radius 2 is 1.39 bits per heavy atom. The summed E-state index contributed by atoms with van der Waals surface area (Å²) in [7, 11) is 0. The first kappa shape index (κ1) is 21.3. The maximum absolute atomic E-state index is 12.1. The summed E-state index contributed by atoms with van der Waals surface area (Å²) in [6.45, 7) is 11.3. The highest BCUT2D eigenvalue weighted by molar-refractivity contribution is 6.02. The fraction of sp³-hybridized carbons (Fsp3) is 0.526. The minimum Gasteiger partial charge on any atom is -0.486 e. The predicted octanol–water partition coefficient (Wildman–Crippen LogP) is 3.49. The van der Waals surface area contributed by atoms with Crippen LogP contribution in [0.15, 0.2) is 23.2 Å². The van der Waals surface area contributed by atoms with E-state index in [1.807, 2.05) is 0 Å². The van der Waals surface area contributed by atoms with Crippen molar-refractivity contribution in [3.63, 3.8) is 0 Å². The number of nitrogens with zero attached hydrogens (tertiary/aromatic N) is 1. The van der Waals surface area contributed by atoms with Crippen molar-refractivity contribution >= 4 is 23.8 Å². The number of fused-ring (bicyclic) bond motifs is 1. The van der Waals surface area contributed by atoms with Gasteiger partial charge in [0.1, 0.15) is 24.4 Å². The molecule has 0 saturated carbocycles. The van der Waals surface area contributed by atoms with Crippen molar-refractivity contribution in [2.24, 2.45) is 4.99 Å². The Hall–Kier alpha value is -2.97. The molecule has 0 saturated heterocycles. The predicted molar refractivity (Wildman–Crippen MR) is 103 cm³/mol. The molecule has 1 aromatic carbocycles. The molecule has 9 nitrogen and oxygen atoms in total. The van der Waals surface area contributed by atoms with Crippen LogP contribution >= 0.6 is 0 Å². The summed E-state index contributed by atoms with van der Waals surface area (Å²) in [6, 6.07) is 5.01. The maximum atomic E-state index is 12.1. The molecular formula is C19H27N3O6. The van der Waals surface area contributed by atoms with Crippen molar-refractivity contribution in [2.75, 3.05) is 13.2 Å². The Morgan fingerprint density at radius 1 is 0.893 bits per heavy atom. The molecule has 0 bridgehead atoms. The Bertz CT molecular complexity index is 730. The van der Waals surface area contributed by atoms with Crippen LogP contribution in [0.25, 0.3) is 0 Å². The Kier molecular flexibility index (Phi) is 6.37. The highest BCUT2D eigenvalue weighted by atomic mass is 16.6. The number of amides is 2. The molecule has 154 valence electrons. The third kappa shape index (κ3) is 7.34. The van der Waals surface area contributed by atoms with E-state index in [0.717, 1.165) is 0 Å². The van der Waals surface area contributed by atoms with Crippen LogP contribution < -0.4 is 20.1 Å². The van der Waals surface area contributed by atoms with Crippen LogP contribution in [0, 0.1) is 0 Å². The number of nitrogens with one attached hydrogen (secondary N) is 2. The first-order chi connectivity index (χ1) is 12.9. The van der Waals surface area contributed by atoms with Crippen molar-refractivity contribution < 1.29 is 28.5 Å². The second kappa shape index (κ2) is 8.37. The second-order valence-electron chi connectivity index (χ2n) is 8.04. The second-order valence-corrected chi connectivity index (χ2v) is 8.04. The van der Waals surface area contributed by atoms with Crippen molar-refractivity contribution in [3.8, 4) is 11.5 Å². The maximum Gasteiger partial charge on any atom is 0.414 e. The Labute approximate surface area is 164 Å². The van der Waals surface area contributed by atoms with Crippen LogP contribution in [-0.2, 0) is 9.47 Å². The number of carbonyl (C=O) groups excluding carboxylic acids is 2. The third-order valence-electron chi connectivity index (χ3n) is 3.01. The average molecular weight is 393 g/mol. The van der Waals surface area contributed by atoms with E-state index in [-0.39, 0.29) is 5.96 Å². The van der Waals surface area contributed by atoms with Gasteiger partial charge >= 0.3 is 12.2 Å². The van der Waals surface area contributed by atoms with E-state index >= 15 is 0 Å². The SMILES string of the molecule is CC(C)(C)OC(=O)NC(=Nc1ccc2c(c1)OCCO2)NC(=O)OC(C)(C)C. The van der Waals surface area contributed by atoms with E-state index in [9.17, 15) is 9.59 Å². The van der Waals surface area contributed by atoms with Gasteiger partial charge in [-0.25, -0.2) is 14.6 Å². The van der Waals surface area contributed by atoms with Crippen LogP contribution in [0.2, 0.25) is 0 Å². The molecule has 2 N–H and O–H groups in total. The van der Waals surface area contributed by atoms with Gasteiger partial charge in [-0.15, -0.1) is 0 Å². The number of ether oxygens (including phenoxy) is 4. The van der Waals surface area contributed by atoms with Gasteiger partial charge < -0.3 is 18.9 Å². The standard InChI is InChI=1S/C19H27N3O6/c1-18(2,3)27-16(23)21-15(22-17(24)28-19(4,5)6)20-12-7-8-13-14(11-12)26-10-9-25-13/h7-8,11H,9-10H2,1-6H3,(H2,20,21,22,23,24). The number of hydrogen-bond donors (Lipinski definition) is 2. The summed E-state index contributed by atoms with van der Waals surface area (Å²) in [5.74, 6) is 0.994. The first-order valence-electron chi connectivity index (χ1n) is 8.90. The van der Waals surface area contributed by atoms with Crippen molar-refractivity contribution in [2.45, 2.75) is 52.7 Å². The number of guanidine groups is 1. The summed E-state index contributed by atoms with van der Waals surface area (Å²) in [5.41, 5.74) is -0.984. The monoisotopic (exact) mass is 393 g/mol. The zero-order valence-corrected chi connectivity index (χ0v) is 17.0. The van der Waals surface area contributed by atoms with E-state index in [0.29, 0.717) is 30.4 Å². The van der Waals surface area contributed by atoms with Crippen molar-refractivity contribution in [3.05, 3.63) is 18.2 Å². The number of carbonyl (C=O) groups is 2. The van der Waals surface area contributed by atoms with Gasteiger partial charge in [-0.05, 0) is 53.7 Å². The Morgan fingerprint density at radius 3 is 1.89 bits per heavy atom.